The molecule has 2 aliphatic heterocycles. The van der Waals surface area contributed by atoms with Crippen molar-refractivity contribution in [1.82, 2.24) is 10.2 Å². The van der Waals surface area contributed by atoms with Crippen molar-refractivity contribution in [2.45, 2.75) is 6.10 Å². The Bertz CT molecular complexity index is 847. The molecule has 0 radical (unpaired) electrons. The Balaban J connectivity index is 1.23. The Hall–Kier alpha value is -2.45. The molecule has 0 spiro atoms. The van der Waals surface area contributed by atoms with Gasteiger partial charge in [-0.05, 0) is 29.8 Å². The van der Waals surface area contributed by atoms with Crippen LogP contribution >= 0.6 is 15.9 Å². The largest absolute Gasteiger partial charge is 0.492 e. The number of fused-ring (bicyclic) bond motifs is 1. The molecule has 148 valence electrons. The first-order valence-electron chi connectivity index (χ1n) is 9.11. The van der Waals surface area contributed by atoms with Gasteiger partial charge in [0.05, 0.1) is 19.7 Å². The third kappa shape index (κ3) is 4.51. The average Bonchev–Trinajstić information content (AvgIpc) is 3.19. The number of hydrogen-bond donors (Lipinski definition) is 1. The number of rotatable bonds is 5. The Morgan fingerprint density at radius 3 is 3.00 bits per heavy atom. The number of hydrogen-bond acceptors (Lipinski definition) is 5. The first kappa shape index (κ1) is 18.9. The summed E-state index contributed by atoms with van der Waals surface area (Å²) in [4.78, 5) is 14.2. The van der Waals surface area contributed by atoms with Crippen molar-refractivity contribution in [2.75, 3.05) is 39.6 Å². The fourth-order valence-electron chi connectivity index (χ4n) is 3.15. The van der Waals surface area contributed by atoms with Crippen LogP contribution in [0.2, 0.25) is 0 Å². The third-order valence-electron chi connectivity index (χ3n) is 4.57. The zero-order valence-electron chi connectivity index (χ0n) is 15.2. The van der Waals surface area contributed by atoms with Crippen LogP contribution in [-0.4, -0.2) is 50.6 Å². The lowest BCUT2D eigenvalue weighted by molar-refractivity contribution is -0.0155. The predicted octanol–water partition coefficient (Wildman–Crippen LogP) is 3.34. The van der Waals surface area contributed by atoms with Crippen molar-refractivity contribution in [2.24, 2.45) is 0 Å². The van der Waals surface area contributed by atoms with Crippen molar-refractivity contribution in [3.63, 3.8) is 0 Å². The molecule has 1 unspecified atom stereocenters. The highest BCUT2D eigenvalue weighted by atomic mass is 79.9. The molecule has 0 saturated carbocycles. The molecule has 0 aliphatic carbocycles. The number of carbonyl (C=O) groups is 1. The average molecular weight is 449 g/mol. The first-order valence-corrected chi connectivity index (χ1v) is 9.90. The monoisotopic (exact) mass is 448 g/mol. The van der Waals surface area contributed by atoms with Crippen LogP contribution < -0.4 is 19.5 Å². The molecular weight excluding hydrogens is 428 g/mol. The summed E-state index contributed by atoms with van der Waals surface area (Å²) >= 11 is 3.47. The highest BCUT2D eigenvalue weighted by Gasteiger charge is 2.25. The minimum absolute atomic E-state index is 0.113. The van der Waals surface area contributed by atoms with Crippen LogP contribution in [0.1, 0.15) is 11.7 Å². The van der Waals surface area contributed by atoms with E-state index in [1.807, 2.05) is 36.4 Å². The number of carbonyl (C=O) groups excluding carboxylic acids is 1. The number of urea groups is 1. The fraction of sp³-hybridized carbons (Fsp3) is 0.350. The number of nitrogens with zero attached hydrogens (tertiary/aromatic N) is 1. The molecule has 2 amide bonds. The quantitative estimate of drug-likeness (QED) is 0.710. The van der Waals surface area contributed by atoms with Crippen LogP contribution in [0, 0.1) is 0 Å². The third-order valence-corrected chi connectivity index (χ3v) is 5.06. The van der Waals surface area contributed by atoms with Gasteiger partial charge in [-0.1, -0.05) is 28.1 Å². The van der Waals surface area contributed by atoms with Crippen molar-refractivity contribution >= 4 is 22.0 Å². The zero-order chi connectivity index (χ0) is 19.3. The van der Waals surface area contributed by atoms with Gasteiger partial charge in [0, 0.05) is 17.1 Å². The molecule has 0 aromatic heterocycles. The second-order valence-electron chi connectivity index (χ2n) is 6.46. The van der Waals surface area contributed by atoms with Crippen molar-refractivity contribution < 1.29 is 23.7 Å². The van der Waals surface area contributed by atoms with E-state index in [1.165, 1.54) is 0 Å². The Labute approximate surface area is 171 Å². The van der Waals surface area contributed by atoms with Crippen LogP contribution in [0.4, 0.5) is 4.79 Å². The van der Waals surface area contributed by atoms with Gasteiger partial charge < -0.3 is 29.2 Å². The minimum Gasteiger partial charge on any atom is -0.492 e. The Morgan fingerprint density at radius 2 is 2.11 bits per heavy atom. The van der Waals surface area contributed by atoms with Gasteiger partial charge in [-0.15, -0.1) is 0 Å². The van der Waals surface area contributed by atoms with E-state index in [9.17, 15) is 4.79 Å². The van der Waals surface area contributed by atoms with E-state index in [-0.39, 0.29) is 18.9 Å². The van der Waals surface area contributed by atoms with Crippen LogP contribution in [0.25, 0.3) is 0 Å². The molecule has 1 atom stereocenters. The molecule has 0 bridgehead atoms. The summed E-state index contributed by atoms with van der Waals surface area (Å²) in [5.74, 6) is 2.07. The number of amides is 2. The normalized spacial score (nSPS) is 18.0. The smallest absolute Gasteiger partial charge is 0.317 e. The summed E-state index contributed by atoms with van der Waals surface area (Å²) in [6.07, 6.45) is -0.123. The maximum Gasteiger partial charge on any atom is 0.317 e. The summed E-state index contributed by atoms with van der Waals surface area (Å²) in [5.41, 5.74) is 1.05. The predicted molar refractivity (Wildman–Crippen MR) is 106 cm³/mol. The first-order chi connectivity index (χ1) is 13.7. The van der Waals surface area contributed by atoms with E-state index in [0.29, 0.717) is 50.1 Å². The van der Waals surface area contributed by atoms with Gasteiger partial charge in [0.25, 0.3) is 0 Å². The summed E-state index contributed by atoms with van der Waals surface area (Å²) < 4.78 is 23.1. The maximum atomic E-state index is 12.5. The van der Waals surface area contributed by atoms with Crippen molar-refractivity contribution in [3.05, 3.63) is 52.5 Å². The van der Waals surface area contributed by atoms with Crippen molar-refractivity contribution in [1.29, 1.82) is 0 Å². The van der Waals surface area contributed by atoms with E-state index >= 15 is 0 Å². The maximum absolute atomic E-state index is 12.5. The summed E-state index contributed by atoms with van der Waals surface area (Å²) in [6, 6.07) is 13.3. The standard InChI is InChI=1S/C20H21BrN2O5/c21-15-3-1-2-14(10-15)19-12-23(7-9-26-19)20(24)22-6-8-25-16-4-5-17-18(11-16)28-13-27-17/h1-5,10-11,19H,6-9,12-13H2,(H,22,24). The van der Waals surface area contributed by atoms with Gasteiger partial charge in [0.15, 0.2) is 11.5 Å². The highest BCUT2D eigenvalue weighted by molar-refractivity contribution is 9.10. The molecule has 28 heavy (non-hydrogen) atoms. The SMILES string of the molecule is O=C(NCCOc1ccc2c(c1)OCO2)N1CCOC(c2cccc(Br)c2)C1. The Kier molecular flexibility index (Phi) is 5.87. The molecule has 2 aliphatic rings. The molecule has 2 aromatic carbocycles. The van der Waals surface area contributed by atoms with Crippen LogP contribution in [-0.2, 0) is 4.74 Å². The van der Waals surface area contributed by atoms with Gasteiger partial charge in [0.2, 0.25) is 6.79 Å². The van der Waals surface area contributed by atoms with E-state index in [0.717, 1.165) is 10.0 Å². The molecule has 7 nitrogen and oxygen atoms in total. The minimum atomic E-state index is -0.123. The molecule has 8 heteroatoms. The number of benzene rings is 2. The molecular formula is C20H21BrN2O5. The second-order valence-corrected chi connectivity index (χ2v) is 7.37. The zero-order valence-corrected chi connectivity index (χ0v) is 16.8. The lowest BCUT2D eigenvalue weighted by Gasteiger charge is -2.33. The number of morpholine rings is 1. The van der Waals surface area contributed by atoms with Gasteiger partial charge in [-0.25, -0.2) is 4.79 Å². The Morgan fingerprint density at radius 1 is 1.21 bits per heavy atom. The summed E-state index contributed by atoms with van der Waals surface area (Å²) in [6.45, 7) is 2.61. The van der Waals surface area contributed by atoms with E-state index in [2.05, 4.69) is 21.2 Å². The number of halogens is 1. The molecule has 1 fully saturated rings. The summed E-state index contributed by atoms with van der Waals surface area (Å²) in [5, 5.41) is 2.90. The summed E-state index contributed by atoms with van der Waals surface area (Å²) in [7, 11) is 0. The molecule has 1 saturated heterocycles. The van der Waals surface area contributed by atoms with Gasteiger partial charge in [-0.2, -0.15) is 0 Å². The van der Waals surface area contributed by atoms with Crippen LogP contribution in [0.5, 0.6) is 17.2 Å². The molecule has 4 rings (SSSR count). The second kappa shape index (κ2) is 8.70. The highest BCUT2D eigenvalue weighted by Crippen LogP contribution is 2.35. The van der Waals surface area contributed by atoms with E-state index in [4.69, 9.17) is 18.9 Å². The van der Waals surface area contributed by atoms with E-state index < -0.39 is 0 Å². The lowest BCUT2D eigenvalue weighted by Crippen LogP contribution is -2.47. The van der Waals surface area contributed by atoms with Gasteiger partial charge >= 0.3 is 6.03 Å². The van der Waals surface area contributed by atoms with E-state index in [1.54, 1.807) is 11.0 Å². The number of nitrogens with one attached hydrogen (secondary N) is 1. The molecule has 2 heterocycles. The van der Waals surface area contributed by atoms with Crippen LogP contribution in [0.3, 0.4) is 0 Å². The molecule has 1 N–H and O–H groups in total. The van der Waals surface area contributed by atoms with Gasteiger partial charge in [0.1, 0.15) is 18.5 Å². The number of ether oxygens (including phenoxy) is 4. The molecule has 2 aromatic rings. The van der Waals surface area contributed by atoms with Crippen molar-refractivity contribution in [3.8, 4) is 17.2 Å². The topological polar surface area (TPSA) is 69.3 Å². The van der Waals surface area contributed by atoms with Gasteiger partial charge in [-0.3, -0.25) is 0 Å². The lowest BCUT2D eigenvalue weighted by atomic mass is 10.1. The fourth-order valence-corrected chi connectivity index (χ4v) is 3.56. The van der Waals surface area contributed by atoms with Crippen LogP contribution in [0.15, 0.2) is 46.9 Å².